The van der Waals surface area contributed by atoms with E-state index in [9.17, 15) is 10.1 Å². The van der Waals surface area contributed by atoms with Crippen LogP contribution in [-0.2, 0) is 4.79 Å². The molecule has 1 aliphatic carbocycles. The predicted molar refractivity (Wildman–Crippen MR) is 101 cm³/mol. The van der Waals surface area contributed by atoms with Crippen molar-refractivity contribution in [3.8, 4) is 6.07 Å². The molecular formula is C19H22ClN5O. The number of piperazine rings is 1. The summed E-state index contributed by atoms with van der Waals surface area (Å²) in [5, 5.41) is 13.1. The minimum absolute atomic E-state index is 0.198. The summed E-state index contributed by atoms with van der Waals surface area (Å²) in [4.78, 5) is 21.8. The highest BCUT2D eigenvalue weighted by atomic mass is 35.5. The van der Waals surface area contributed by atoms with Crippen molar-refractivity contribution in [2.45, 2.75) is 31.2 Å². The van der Waals surface area contributed by atoms with Gasteiger partial charge in [-0.3, -0.25) is 10.1 Å². The van der Waals surface area contributed by atoms with E-state index in [0.717, 1.165) is 62.6 Å². The van der Waals surface area contributed by atoms with Crippen molar-refractivity contribution in [3.05, 3.63) is 29.3 Å². The van der Waals surface area contributed by atoms with Crippen LogP contribution in [-0.4, -0.2) is 48.5 Å². The molecule has 1 saturated carbocycles. The Hall–Kier alpha value is -2.26. The molecule has 0 radical (unpaired) electrons. The van der Waals surface area contributed by atoms with Gasteiger partial charge in [-0.2, -0.15) is 5.26 Å². The molecule has 3 aliphatic rings. The van der Waals surface area contributed by atoms with Crippen LogP contribution in [0.25, 0.3) is 0 Å². The Morgan fingerprint density at radius 1 is 1.19 bits per heavy atom. The normalized spacial score (nSPS) is 25.0. The first kappa shape index (κ1) is 17.2. The van der Waals surface area contributed by atoms with Gasteiger partial charge in [0.25, 0.3) is 0 Å². The number of benzene rings is 1. The number of nitriles is 1. The van der Waals surface area contributed by atoms with Gasteiger partial charge in [-0.05, 0) is 31.0 Å². The van der Waals surface area contributed by atoms with Crippen LogP contribution in [0.1, 0.15) is 25.7 Å². The smallest absolute Gasteiger partial charge is 0.246 e. The third kappa shape index (κ3) is 3.01. The van der Waals surface area contributed by atoms with Gasteiger partial charge < -0.3 is 9.80 Å². The fourth-order valence-electron chi connectivity index (χ4n) is 4.30. The van der Waals surface area contributed by atoms with Crippen LogP contribution in [0.5, 0.6) is 0 Å². The summed E-state index contributed by atoms with van der Waals surface area (Å²) in [7, 11) is 0. The topological polar surface area (TPSA) is 71.7 Å². The molecule has 1 saturated heterocycles. The molecule has 1 unspecified atom stereocenters. The average Bonchev–Trinajstić information content (AvgIpc) is 3.10. The minimum atomic E-state index is -0.665. The SMILES string of the molecule is N#CC1C(=O)NC(N2CCN(c3cccc(Cl)c3)CC2)=NC12CCCC2. The standard InChI is InChI=1S/C19H22ClN5O/c20-14-4-3-5-15(12-14)24-8-10-25(11-9-24)18-22-17(26)16(13-21)19(23-18)6-1-2-7-19/h3-5,12,16H,1-2,6-11H2,(H,22,23,26). The summed E-state index contributed by atoms with van der Waals surface area (Å²) in [6, 6.07) is 10.1. The number of rotatable bonds is 1. The van der Waals surface area contributed by atoms with Gasteiger partial charge in [-0.15, -0.1) is 0 Å². The van der Waals surface area contributed by atoms with Crippen LogP contribution in [0, 0.1) is 17.2 Å². The van der Waals surface area contributed by atoms with Crippen molar-refractivity contribution in [1.29, 1.82) is 5.26 Å². The van der Waals surface area contributed by atoms with E-state index in [0.29, 0.717) is 5.96 Å². The largest absolute Gasteiger partial charge is 0.368 e. The van der Waals surface area contributed by atoms with Crippen molar-refractivity contribution >= 4 is 29.2 Å². The van der Waals surface area contributed by atoms with Crippen molar-refractivity contribution in [2.24, 2.45) is 10.9 Å². The Labute approximate surface area is 158 Å². The maximum absolute atomic E-state index is 12.5. The molecule has 0 aromatic heterocycles. The minimum Gasteiger partial charge on any atom is -0.368 e. The second kappa shape index (κ2) is 6.81. The predicted octanol–water partition coefficient (Wildman–Crippen LogP) is 2.40. The first-order chi connectivity index (χ1) is 12.6. The Bertz CT molecular complexity index is 772. The van der Waals surface area contributed by atoms with Crippen LogP contribution in [0.3, 0.4) is 0 Å². The first-order valence-corrected chi connectivity index (χ1v) is 9.55. The fourth-order valence-corrected chi connectivity index (χ4v) is 4.48. The molecule has 1 N–H and O–H groups in total. The van der Waals surface area contributed by atoms with E-state index in [2.05, 4.69) is 27.3 Å². The Kier molecular flexibility index (Phi) is 4.49. The molecule has 6 nitrogen and oxygen atoms in total. The zero-order valence-electron chi connectivity index (χ0n) is 14.6. The number of carbonyl (C=O) groups is 1. The summed E-state index contributed by atoms with van der Waals surface area (Å²) in [5.74, 6) is -0.215. The number of anilines is 1. The number of amides is 1. The first-order valence-electron chi connectivity index (χ1n) is 9.17. The van der Waals surface area contributed by atoms with Crippen molar-refractivity contribution in [2.75, 3.05) is 31.1 Å². The number of guanidine groups is 1. The summed E-state index contributed by atoms with van der Waals surface area (Å²) < 4.78 is 0. The molecular weight excluding hydrogens is 350 g/mol. The molecule has 26 heavy (non-hydrogen) atoms. The summed E-state index contributed by atoms with van der Waals surface area (Å²) >= 11 is 6.10. The number of hydrogen-bond acceptors (Lipinski definition) is 5. The van der Waals surface area contributed by atoms with Gasteiger partial charge in [0.15, 0.2) is 5.92 Å². The van der Waals surface area contributed by atoms with Crippen LogP contribution in [0.4, 0.5) is 5.69 Å². The van der Waals surface area contributed by atoms with E-state index in [1.165, 1.54) is 0 Å². The van der Waals surface area contributed by atoms with E-state index >= 15 is 0 Å². The molecule has 1 aromatic carbocycles. The van der Waals surface area contributed by atoms with Gasteiger partial charge in [0, 0.05) is 36.9 Å². The third-order valence-corrected chi connectivity index (χ3v) is 5.95. The molecule has 2 aliphatic heterocycles. The number of nitrogens with zero attached hydrogens (tertiary/aromatic N) is 4. The Morgan fingerprint density at radius 2 is 1.88 bits per heavy atom. The summed E-state index contributed by atoms with van der Waals surface area (Å²) in [5.41, 5.74) is 0.597. The van der Waals surface area contributed by atoms with E-state index in [1.54, 1.807) is 0 Å². The highest BCUT2D eigenvalue weighted by molar-refractivity contribution is 6.30. The maximum Gasteiger partial charge on any atom is 0.246 e. The highest BCUT2D eigenvalue weighted by Crippen LogP contribution is 2.41. The second-order valence-electron chi connectivity index (χ2n) is 7.25. The molecule has 1 amide bonds. The quantitative estimate of drug-likeness (QED) is 0.822. The number of aliphatic imine (C=N–C) groups is 1. The molecule has 1 spiro atoms. The monoisotopic (exact) mass is 371 g/mol. The maximum atomic E-state index is 12.5. The van der Waals surface area contributed by atoms with Gasteiger partial charge in [0.2, 0.25) is 11.9 Å². The molecule has 136 valence electrons. The van der Waals surface area contributed by atoms with Gasteiger partial charge in [0.05, 0.1) is 11.6 Å². The zero-order chi connectivity index (χ0) is 18.1. The third-order valence-electron chi connectivity index (χ3n) is 5.71. The highest BCUT2D eigenvalue weighted by Gasteiger charge is 2.49. The van der Waals surface area contributed by atoms with E-state index < -0.39 is 11.5 Å². The fraction of sp³-hybridized carbons (Fsp3) is 0.526. The van der Waals surface area contributed by atoms with Gasteiger partial charge in [0.1, 0.15) is 0 Å². The Balaban J connectivity index is 1.50. The molecule has 2 fully saturated rings. The zero-order valence-corrected chi connectivity index (χ0v) is 15.4. The summed E-state index contributed by atoms with van der Waals surface area (Å²) in [6.45, 7) is 3.23. The van der Waals surface area contributed by atoms with Crippen LogP contribution < -0.4 is 10.2 Å². The second-order valence-corrected chi connectivity index (χ2v) is 7.69. The van der Waals surface area contributed by atoms with E-state index in [1.807, 2.05) is 18.2 Å². The lowest BCUT2D eigenvalue weighted by Crippen LogP contribution is -2.59. The van der Waals surface area contributed by atoms with E-state index in [4.69, 9.17) is 16.6 Å². The Morgan fingerprint density at radius 3 is 2.54 bits per heavy atom. The molecule has 2 heterocycles. The lowest BCUT2D eigenvalue weighted by molar-refractivity contribution is -0.124. The van der Waals surface area contributed by atoms with Gasteiger partial charge in [-0.25, -0.2) is 4.99 Å². The van der Waals surface area contributed by atoms with Crippen molar-refractivity contribution in [1.82, 2.24) is 10.2 Å². The molecule has 7 heteroatoms. The molecule has 0 bridgehead atoms. The number of nitrogens with one attached hydrogen (secondary N) is 1. The number of hydrogen-bond donors (Lipinski definition) is 1. The van der Waals surface area contributed by atoms with Crippen LogP contribution in [0.2, 0.25) is 5.02 Å². The summed E-state index contributed by atoms with van der Waals surface area (Å²) in [6.07, 6.45) is 3.71. The van der Waals surface area contributed by atoms with Gasteiger partial charge >= 0.3 is 0 Å². The lowest BCUT2D eigenvalue weighted by atomic mass is 9.82. The van der Waals surface area contributed by atoms with Crippen LogP contribution >= 0.6 is 11.6 Å². The van der Waals surface area contributed by atoms with Gasteiger partial charge in [-0.1, -0.05) is 30.5 Å². The van der Waals surface area contributed by atoms with Crippen molar-refractivity contribution < 1.29 is 4.79 Å². The average molecular weight is 372 g/mol. The molecule has 1 aromatic rings. The van der Waals surface area contributed by atoms with Crippen molar-refractivity contribution in [3.63, 3.8) is 0 Å². The molecule has 4 rings (SSSR count). The number of carbonyl (C=O) groups excluding carboxylic acids is 1. The lowest BCUT2D eigenvalue weighted by Gasteiger charge is -2.41. The van der Waals surface area contributed by atoms with Crippen LogP contribution in [0.15, 0.2) is 29.3 Å². The van der Waals surface area contributed by atoms with E-state index in [-0.39, 0.29) is 5.91 Å². The molecule has 1 atom stereocenters. The number of halogens is 1.